The fraction of sp³-hybridized carbons (Fsp3) is 0. The van der Waals surface area contributed by atoms with Gasteiger partial charge in [-0.25, -0.2) is 0 Å². The van der Waals surface area contributed by atoms with Crippen LogP contribution < -0.4 is 5.56 Å². The van der Waals surface area contributed by atoms with E-state index in [0.717, 1.165) is 4.47 Å². The average Bonchev–Trinajstić information content (AvgIpc) is 2.89. The Morgan fingerprint density at radius 2 is 1.81 bits per heavy atom. The van der Waals surface area contributed by atoms with Gasteiger partial charge in [0.15, 0.2) is 5.69 Å². The van der Waals surface area contributed by atoms with Gasteiger partial charge in [-0.15, -0.1) is 5.11 Å². The summed E-state index contributed by atoms with van der Waals surface area (Å²) >= 11 is 3.35. The van der Waals surface area contributed by atoms with Gasteiger partial charge in [0.1, 0.15) is 5.69 Å². The molecule has 0 bridgehead atoms. The lowest BCUT2D eigenvalue weighted by Gasteiger charge is -1.96. The second-order valence-electron chi connectivity index (χ2n) is 4.19. The first-order valence-corrected chi connectivity index (χ1v) is 6.93. The smallest absolute Gasteiger partial charge is 0.292 e. The molecule has 104 valence electrons. The molecule has 0 amide bonds. The number of aromatic nitrogens is 3. The number of aromatic amines is 2. The topological polar surface area (TPSA) is 86.3 Å². The van der Waals surface area contributed by atoms with Gasteiger partial charge in [-0.05, 0) is 36.4 Å². The Bertz CT molecular complexity index is 821. The van der Waals surface area contributed by atoms with E-state index >= 15 is 0 Å². The summed E-state index contributed by atoms with van der Waals surface area (Å²) in [7, 11) is 0. The molecule has 0 saturated carbocycles. The highest BCUT2D eigenvalue weighted by atomic mass is 79.9. The Kier molecular flexibility index (Phi) is 3.74. The van der Waals surface area contributed by atoms with Gasteiger partial charge in [0.2, 0.25) is 0 Å². The Balaban J connectivity index is 1.98. The predicted molar refractivity (Wildman–Crippen MR) is 83.0 cm³/mol. The minimum absolute atomic E-state index is 0.205. The monoisotopic (exact) mass is 343 g/mol. The van der Waals surface area contributed by atoms with Gasteiger partial charge in [0.05, 0.1) is 11.4 Å². The van der Waals surface area contributed by atoms with Crippen molar-refractivity contribution in [2.75, 3.05) is 0 Å². The van der Waals surface area contributed by atoms with Gasteiger partial charge in [-0.1, -0.05) is 22.0 Å². The van der Waals surface area contributed by atoms with Gasteiger partial charge in [-0.2, -0.15) is 5.11 Å². The summed E-state index contributed by atoms with van der Waals surface area (Å²) in [6, 6.07) is 12.7. The molecule has 21 heavy (non-hydrogen) atoms. The highest BCUT2D eigenvalue weighted by Gasteiger charge is 2.12. The van der Waals surface area contributed by atoms with Crippen molar-refractivity contribution < 1.29 is 0 Å². The number of benzene rings is 1. The molecule has 7 heteroatoms. The van der Waals surface area contributed by atoms with Gasteiger partial charge in [0.25, 0.3) is 5.56 Å². The molecule has 2 heterocycles. The zero-order chi connectivity index (χ0) is 14.7. The first kappa shape index (κ1) is 13.4. The summed E-state index contributed by atoms with van der Waals surface area (Å²) < 4.78 is 0.954. The highest BCUT2D eigenvalue weighted by Crippen LogP contribution is 2.25. The van der Waals surface area contributed by atoms with Gasteiger partial charge < -0.3 is 0 Å². The Morgan fingerprint density at radius 3 is 2.52 bits per heavy atom. The van der Waals surface area contributed by atoms with Crippen LogP contribution in [0.4, 0.5) is 11.4 Å². The van der Waals surface area contributed by atoms with Gasteiger partial charge in [-0.3, -0.25) is 20.0 Å². The molecule has 0 radical (unpaired) electrons. The zero-order valence-corrected chi connectivity index (χ0v) is 12.3. The van der Waals surface area contributed by atoms with Crippen LogP contribution in [0.2, 0.25) is 0 Å². The number of hydrogen-bond acceptors (Lipinski definition) is 4. The number of azo groups is 1. The fourth-order valence-corrected chi connectivity index (χ4v) is 2.02. The second kappa shape index (κ2) is 5.84. The number of halogens is 1. The van der Waals surface area contributed by atoms with Crippen LogP contribution in [-0.2, 0) is 0 Å². The number of rotatable bonds is 3. The minimum atomic E-state index is -0.337. The van der Waals surface area contributed by atoms with Crippen LogP contribution in [0.1, 0.15) is 0 Å². The molecular weight excluding hydrogens is 334 g/mol. The number of hydrogen-bond donors (Lipinski definition) is 2. The lowest BCUT2D eigenvalue weighted by atomic mass is 10.2. The molecule has 0 aliphatic rings. The Morgan fingerprint density at radius 1 is 1.00 bits per heavy atom. The number of pyridine rings is 1. The van der Waals surface area contributed by atoms with E-state index in [9.17, 15) is 4.79 Å². The largest absolute Gasteiger partial charge is 0.294 e. The minimum Gasteiger partial charge on any atom is -0.294 e. The average molecular weight is 344 g/mol. The van der Waals surface area contributed by atoms with E-state index in [-0.39, 0.29) is 11.2 Å². The third-order valence-electron chi connectivity index (χ3n) is 2.77. The predicted octanol–water partition coefficient (Wildman–Crippen LogP) is 3.94. The van der Waals surface area contributed by atoms with Gasteiger partial charge in [0, 0.05) is 10.7 Å². The van der Waals surface area contributed by atoms with Crippen molar-refractivity contribution in [3.8, 4) is 11.4 Å². The van der Waals surface area contributed by atoms with E-state index in [1.807, 2.05) is 18.2 Å². The molecule has 1 aromatic carbocycles. The fourth-order valence-electron chi connectivity index (χ4n) is 1.76. The Hall–Kier alpha value is -2.54. The van der Waals surface area contributed by atoms with Crippen molar-refractivity contribution in [3.05, 3.63) is 63.5 Å². The van der Waals surface area contributed by atoms with E-state index in [0.29, 0.717) is 17.1 Å². The maximum atomic E-state index is 11.8. The van der Waals surface area contributed by atoms with E-state index in [1.165, 1.54) is 0 Å². The van der Waals surface area contributed by atoms with Crippen LogP contribution in [0.15, 0.2) is 68.2 Å². The molecule has 2 aromatic heterocycles. The van der Waals surface area contributed by atoms with E-state index < -0.39 is 0 Å². The van der Waals surface area contributed by atoms with Crippen molar-refractivity contribution in [2.45, 2.75) is 0 Å². The molecule has 3 rings (SSSR count). The first-order chi connectivity index (χ1) is 10.2. The molecular formula is C14H10BrN5O. The van der Waals surface area contributed by atoms with Gasteiger partial charge >= 0.3 is 0 Å². The van der Waals surface area contributed by atoms with Crippen LogP contribution >= 0.6 is 15.9 Å². The SMILES string of the molecule is O=c1[nH][nH]c(-c2ccccn2)c1N=Nc1ccc(Br)cc1. The molecule has 3 aromatic rings. The van der Waals surface area contributed by atoms with Crippen molar-refractivity contribution in [3.63, 3.8) is 0 Å². The molecule has 2 N–H and O–H groups in total. The molecule has 0 aliphatic carbocycles. The lowest BCUT2D eigenvalue weighted by Crippen LogP contribution is -1.96. The number of nitrogens with zero attached hydrogens (tertiary/aromatic N) is 3. The van der Waals surface area contributed by atoms with Crippen LogP contribution in [0.25, 0.3) is 11.4 Å². The molecule has 0 fully saturated rings. The van der Waals surface area contributed by atoms with Crippen molar-refractivity contribution in [1.82, 2.24) is 15.2 Å². The molecule has 0 atom stereocenters. The van der Waals surface area contributed by atoms with E-state index in [1.54, 1.807) is 30.5 Å². The summed E-state index contributed by atoms with van der Waals surface area (Å²) in [5.74, 6) is 0. The summed E-state index contributed by atoms with van der Waals surface area (Å²) in [5, 5.41) is 13.4. The second-order valence-corrected chi connectivity index (χ2v) is 5.11. The van der Waals surface area contributed by atoms with Crippen LogP contribution in [0, 0.1) is 0 Å². The summed E-state index contributed by atoms with van der Waals surface area (Å²) in [6.07, 6.45) is 1.65. The first-order valence-electron chi connectivity index (χ1n) is 6.13. The molecule has 6 nitrogen and oxygen atoms in total. The van der Waals surface area contributed by atoms with Crippen LogP contribution in [-0.4, -0.2) is 15.2 Å². The van der Waals surface area contributed by atoms with Crippen molar-refractivity contribution in [1.29, 1.82) is 0 Å². The quantitative estimate of drug-likeness (QED) is 0.705. The standard InChI is InChI=1S/C14H10BrN5O/c15-9-4-6-10(7-5-9)17-19-13-12(18-20-14(13)21)11-3-1-2-8-16-11/h1-8H,(H2,18,20,21). The number of H-pyrrole nitrogens is 2. The summed E-state index contributed by atoms with van der Waals surface area (Å²) in [6.45, 7) is 0. The maximum Gasteiger partial charge on any atom is 0.292 e. The van der Waals surface area contributed by atoms with E-state index in [4.69, 9.17) is 0 Å². The zero-order valence-electron chi connectivity index (χ0n) is 10.7. The molecule has 0 saturated heterocycles. The lowest BCUT2D eigenvalue weighted by molar-refractivity contribution is 1.05. The normalized spacial score (nSPS) is 11.1. The molecule has 0 spiro atoms. The summed E-state index contributed by atoms with van der Waals surface area (Å²) in [5.41, 5.74) is 1.67. The van der Waals surface area contributed by atoms with Crippen molar-refractivity contribution in [2.24, 2.45) is 10.2 Å². The van der Waals surface area contributed by atoms with E-state index in [2.05, 4.69) is 41.3 Å². The third kappa shape index (κ3) is 2.97. The molecule has 0 unspecified atom stereocenters. The maximum absolute atomic E-state index is 11.8. The van der Waals surface area contributed by atoms with Crippen LogP contribution in [0.3, 0.4) is 0 Å². The molecule has 0 aliphatic heterocycles. The summed E-state index contributed by atoms with van der Waals surface area (Å²) in [4.78, 5) is 16.0. The Labute approximate surface area is 128 Å². The van der Waals surface area contributed by atoms with Crippen molar-refractivity contribution >= 4 is 27.3 Å². The number of nitrogens with one attached hydrogen (secondary N) is 2. The highest BCUT2D eigenvalue weighted by molar-refractivity contribution is 9.10. The third-order valence-corrected chi connectivity index (χ3v) is 3.29. The van der Waals surface area contributed by atoms with Crippen LogP contribution in [0.5, 0.6) is 0 Å².